The van der Waals surface area contributed by atoms with Crippen molar-refractivity contribution in [2.75, 3.05) is 33.8 Å². The Morgan fingerprint density at radius 3 is 2.72 bits per heavy atom. The molecule has 1 heterocycles. The lowest BCUT2D eigenvalue weighted by Gasteiger charge is -2.22. The highest BCUT2D eigenvalue weighted by molar-refractivity contribution is 5.77. The predicted octanol–water partition coefficient (Wildman–Crippen LogP) is 2.67. The van der Waals surface area contributed by atoms with Gasteiger partial charge >= 0.3 is 0 Å². The van der Waals surface area contributed by atoms with E-state index in [0.29, 0.717) is 26.2 Å². The molecule has 25 heavy (non-hydrogen) atoms. The fraction of sp³-hybridized carbons (Fsp3) is 0.400. The summed E-state index contributed by atoms with van der Waals surface area (Å²) in [5.74, 6) is 0.963. The van der Waals surface area contributed by atoms with Gasteiger partial charge in [-0.2, -0.15) is 0 Å². The summed E-state index contributed by atoms with van der Waals surface area (Å²) in [6.07, 6.45) is 3.57. The molecule has 0 bridgehead atoms. The van der Waals surface area contributed by atoms with Crippen LogP contribution in [-0.4, -0.2) is 54.5 Å². The fourth-order valence-electron chi connectivity index (χ4n) is 2.49. The number of ether oxygens (including phenoxy) is 1. The molecule has 0 N–H and O–H groups in total. The third-order valence-electron chi connectivity index (χ3n) is 4.03. The number of carbonyl (C=O) groups excluding carboxylic acids is 1. The molecular formula is C20H27N3O2. The van der Waals surface area contributed by atoms with Gasteiger partial charge in [-0.25, -0.2) is 0 Å². The van der Waals surface area contributed by atoms with Crippen LogP contribution in [0.5, 0.6) is 5.75 Å². The zero-order valence-electron chi connectivity index (χ0n) is 15.5. The summed E-state index contributed by atoms with van der Waals surface area (Å²) >= 11 is 0. The van der Waals surface area contributed by atoms with Crippen LogP contribution < -0.4 is 4.74 Å². The van der Waals surface area contributed by atoms with Gasteiger partial charge in [0.15, 0.2) is 0 Å². The van der Waals surface area contributed by atoms with Gasteiger partial charge in [-0.05, 0) is 49.7 Å². The Hall–Kier alpha value is -2.40. The van der Waals surface area contributed by atoms with Crippen molar-refractivity contribution in [1.29, 1.82) is 0 Å². The number of amides is 1. The van der Waals surface area contributed by atoms with Crippen LogP contribution in [-0.2, 0) is 11.3 Å². The molecule has 0 radical (unpaired) electrons. The second-order valence-corrected chi connectivity index (χ2v) is 6.47. The van der Waals surface area contributed by atoms with Gasteiger partial charge in [0, 0.05) is 26.0 Å². The standard InChI is InChI=1S/C20H27N3O2/c1-16-7-8-17(2)19(12-16)25-11-10-23(4)20(24)15-22(3)14-18-6-5-9-21-13-18/h5-9,12-13H,10-11,14-15H2,1-4H3. The quantitative estimate of drug-likeness (QED) is 0.740. The van der Waals surface area contributed by atoms with Gasteiger partial charge in [0.05, 0.1) is 13.1 Å². The van der Waals surface area contributed by atoms with Crippen molar-refractivity contribution in [2.45, 2.75) is 20.4 Å². The van der Waals surface area contributed by atoms with Crippen molar-refractivity contribution in [3.05, 3.63) is 59.4 Å². The maximum Gasteiger partial charge on any atom is 0.236 e. The Morgan fingerprint density at radius 1 is 1.20 bits per heavy atom. The minimum atomic E-state index is 0.0796. The Kier molecular flexibility index (Phi) is 6.95. The number of rotatable bonds is 8. The molecule has 2 rings (SSSR count). The molecule has 5 heteroatoms. The molecule has 1 aromatic carbocycles. The summed E-state index contributed by atoms with van der Waals surface area (Å²) in [4.78, 5) is 20.1. The third-order valence-corrected chi connectivity index (χ3v) is 4.03. The van der Waals surface area contributed by atoms with Crippen LogP contribution in [0.1, 0.15) is 16.7 Å². The average Bonchev–Trinajstić information content (AvgIpc) is 2.58. The van der Waals surface area contributed by atoms with E-state index in [9.17, 15) is 4.79 Å². The van der Waals surface area contributed by atoms with E-state index in [-0.39, 0.29) is 5.91 Å². The van der Waals surface area contributed by atoms with E-state index in [1.54, 1.807) is 11.1 Å². The Bertz CT molecular complexity index is 689. The second-order valence-electron chi connectivity index (χ2n) is 6.47. The number of hydrogen-bond donors (Lipinski definition) is 0. The van der Waals surface area contributed by atoms with Gasteiger partial charge in [-0.3, -0.25) is 14.7 Å². The monoisotopic (exact) mass is 341 g/mol. The smallest absolute Gasteiger partial charge is 0.236 e. The van der Waals surface area contributed by atoms with Crippen molar-refractivity contribution in [2.24, 2.45) is 0 Å². The Morgan fingerprint density at radius 2 is 2.00 bits per heavy atom. The third kappa shape index (κ3) is 6.19. The van der Waals surface area contributed by atoms with Crippen LogP contribution in [0.3, 0.4) is 0 Å². The summed E-state index contributed by atoms with van der Waals surface area (Å²) in [6.45, 7) is 6.18. The molecule has 0 saturated carbocycles. The van der Waals surface area contributed by atoms with Crippen molar-refractivity contribution in [3.63, 3.8) is 0 Å². The maximum atomic E-state index is 12.3. The molecule has 0 spiro atoms. The first kappa shape index (κ1) is 18.9. The zero-order valence-corrected chi connectivity index (χ0v) is 15.5. The molecule has 2 aromatic rings. The van der Waals surface area contributed by atoms with E-state index < -0.39 is 0 Å². The predicted molar refractivity (Wildman–Crippen MR) is 99.6 cm³/mol. The first-order chi connectivity index (χ1) is 12.0. The van der Waals surface area contributed by atoms with Crippen LogP contribution in [0.2, 0.25) is 0 Å². The molecule has 5 nitrogen and oxygen atoms in total. The van der Waals surface area contributed by atoms with Gasteiger partial charge in [0.2, 0.25) is 5.91 Å². The number of pyridine rings is 1. The maximum absolute atomic E-state index is 12.3. The van der Waals surface area contributed by atoms with E-state index in [1.807, 2.05) is 63.3 Å². The number of nitrogens with zero attached hydrogens (tertiary/aromatic N) is 3. The van der Waals surface area contributed by atoms with Crippen molar-refractivity contribution in [3.8, 4) is 5.75 Å². The SMILES string of the molecule is Cc1ccc(C)c(OCCN(C)C(=O)CN(C)Cc2cccnc2)c1. The van der Waals surface area contributed by atoms with E-state index in [0.717, 1.165) is 16.9 Å². The zero-order chi connectivity index (χ0) is 18.2. The fourth-order valence-corrected chi connectivity index (χ4v) is 2.49. The van der Waals surface area contributed by atoms with E-state index in [4.69, 9.17) is 4.74 Å². The molecule has 0 aliphatic carbocycles. The van der Waals surface area contributed by atoms with Crippen molar-refractivity contribution < 1.29 is 9.53 Å². The van der Waals surface area contributed by atoms with Crippen molar-refractivity contribution in [1.82, 2.24) is 14.8 Å². The lowest BCUT2D eigenvalue weighted by Crippen LogP contribution is -2.38. The normalized spacial score (nSPS) is 10.8. The summed E-state index contributed by atoms with van der Waals surface area (Å²) in [7, 11) is 3.75. The largest absolute Gasteiger partial charge is 0.491 e. The molecule has 1 amide bonds. The molecule has 0 atom stereocenters. The van der Waals surface area contributed by atoms with Gasteiger partial charge in [-0.1, -0.05) is 18.2 Å². The first-order valence-electron chi connectivity index (χ1n) is 8.47. The van der Waals surface area contributed by atoms with E-state index in [1.165, 1.54) is 5.56 Å². The topological polar surface area (TPSA) is 45.7 Å². The summed E-state index contributed by atoms with van der Waals surface area (Å²) in [5.41, 5.74) is 3.37. The minimum absolute atomic E-state index is 0.0796. The van der Waals surface area contributed by atoms with Gasteiger partial charge in [0.25, 0.3) is 0 Å². The molecule has 0 aliphatic heterocycles. The summed E-state index contributed by atoms with van der Waals surface area (Å²) in [6, 6.07) is 10.1. The number of carbonyl (C=O) groups is 1. The number of likely N-dealkylation sites (N-methyl/N-ethyl adjacent to an activating group) is 2. The lowest BCUT2D eigenvalue weighted by molar-refractivity contribution is -0.131. The number of hydrogen-bond acceptors (Lipinski definition) is 4. The molecule has 0 unspecified atom stereocenters. The minimum Gasteiger partial charge on any atom is -0.491 e. The molecule has 1 aromatic heterocycles. The van der Waals surface area contributed by atoms with Gasteiger partial charge < -0.3 is 9.64 Å². The second kappa shape index (κ2) is 9.18. The highest BCUT2D eigenvalue weighted by Crippen LogP contribution is 2.18. The average molecular weight is 341 g/mol. The van der Waals surface area contributed by atoms with Crippen LogP contribution >= 0.6 is 0 Å². The Balaban J connectivity index is 1.75. The molecule has 0 saturated heterocycles. The molecule has 0 aliphatic rings. The van der Waals surface area contributed by atoms with Crippen LogP contribution in [0.25, 0.3) is 0 Å². The van der Waals surface area contributed by atoms with Crippen molar-refractivity contribution >= 4 is 5.91 Å². The van der Waals surface area contributed by atoms with Crippen LogP contribution in [0.15, 0.2) is 42.7 Å². The van der Waals surface area contributed by atoms with Crippen LogP contribution in [0, 0.1) is 13.8 Å². The number of aryl methyl sites for hydroxylation is 2. The Labute approximate surface area is 150 Å². The van der Waals surface area contributed by atoms with Gasteiger partial charge in [0.1, 0.15) is 12.4 Å². The molecule has 0 fully saturated rings. The first-order valence-corrected chi connectivity index (χ1v) is 8.47. The highest BCUT2D eigenvalue weighted by atomic mass is 16.5. The molecular weight excluding hydrogens is 314 g/mol. The number of aromatic nitrogens is 1. The van der Waals surface area contributed by atoms with E-state index >= 15 is 0 Å². The van der Waals surface area contributed by atoms with Gasteiger partial charge in [-0.15, -0.1) is 0 Å². The number of benzene rings is 1. The highest BCUT2D eigenvalue weighted by Gasteiger charge is 2.12. The van der Waals surface area contributed by atoms with Crippen LogP contribution in [0.4, 0.5) is 0 Å². The lowest BCUT2D eigenvalue weighted by atomic mass is 10.1. The summed E-state index contributed by atoms with van der Waals surface area (Å²) in [5, 5.41) is 0. The van der Waals surface area contributed by atoms with E-state index in [2.05, 4.69) is 11.1 Å². The molecule has 134 valence electrons. The summed E-state index contributed by atoms with van der Waals surface area (Å²) < 4.78 is 5.82.